The number of alkyl halides is 3. The highest BCUT2D eigenvalue weighted by molar-refractivity contribution is 8.00. The molecule has 0 saturated carbocycles. The Balaban J connectivity index is 2.22. The minimum atomic E-state index is -4.47. The van der Waals surface area contributed by atoms with Crippen LogP contribution in [0.4, 0.5) is 13.2 Å². The first-order valence-electron chi connectivity index (χ1n) is 5.62. The predicted octanol–water partition coefficient (Wildman–Crippen LogP) is 1.87. The second-order valence-corrected chi connectivity index (χ2v) is 5.26. The maximum atomic E-state index is 12.4. The number of aromatic nitrogens is 1. The molecule has 1 atom stereocenters. The van der Waals surface area contributed by atoms with Crippen molar-refractivity contribution in [3.8, 4) is 0 Å². The molecule has 0 spiro atoms. The van der Waals surface area contributed by atoms with Crippen molar-refractivity contribution in [3.05, 3.63) is 23.9 Å². The fourth-order valence-corrected chi connectivity index (χ4v) is 2.48. The molecule has 2 rings (SSSR count). The van der Waals surface area contributed by atoms with E-state index in [2.05, 4.69) is 4.98 Å². The molecular formula is C11H12F3N3OS. The van der Waals surface area contributed by atoms with Gasteiger partial charge < -0.3 is 10.6 Å². The Morgan fingerprint density at radius 1 is 1.53 bits per heavy atom. The number of likely N-dealkylation sites (tertiary alicyclic amines) is 1. The summed E-state index contributed by atoms with van der Waals surface area (Å²) in [7, 11) is 0. The van der Waals surface area contributed by atoms with Crippen LogP contribution >= 0.6 is 11.8 Å². The molecule has 1 amide bonds. The Labute approximate surface area is 112 Å². The van der Waals surface area contributed by atoms with Crippen LogP contribution in [0.25, 0.3) is 0 Å². The number of hydrogen-bond acceptors (Lipinski definition) is 4. The van der Waals surface area contributed by atoms with Crippen molar-refractivity contribution in [3.63, 3.8) is 0 Å². The summed E-state index contributed by atoms with van der Waals surface area (Å²) in [6.07, 6.45) is 1.90. The highest BCUT2D eigenvalue weighted by Gasteiger charge is 2.34. The number of nitrogens with zero attached hydrogens (tertiary/aromatic N) is 2. The van der Waals surface area contributed by atoms with E-state index in [0.717, 1.165) is 0 Å². The second-order valence-electron chi connectivity index (χ2n) is 4.20. The van der Waals surface area contributed by atoms with Gasteiger partial charge in [0.2, 0.25) is 0 Å². The van der Waals surface area contributed by atoms with Gasteiger partial charge in [-0.2, -0.15) is 13.2 Å². The molecule has 0 aliphatic carbocycles. The highest BCUT2D eigenvalue weighted by Crippen LogP contribution is 2.37. The van der Waals surface area contributed by atoms with Crippen molar-refractivity contribution >= 4 is 17.7 Å². The first-order chi connectivity index (χ1) is 8.87. The van der Waals surface area contributed by atoms with Crippen molar-refractivity contribution in [1.82, 2.24) is 9.88 Å². The van der Waals surface area contributed by atoms with E-state index < -0.39 is 11.4 Å². The fourth-order valence-electron chi connectivity index (χ4n) is 1.89. The van der Waals surface area contributed by atoms with E-state index in [9.17, 15) is 18.0 Å². The van der Waals surface area contributed by atoms with Crippen LogP contribution in [-0.4, -0.2) is 40.4 Å². The van der Waals surface area contributed by atoms with E-state index in [1.54, 1.807) is 0 Å². The minimum Gasteiger partial charge on any atom is -0.337 e. The molecule has 1 aromatic heterocycles. The number of amides is 1. The molecule has 8 heteroatoms. The van der Waals surface area contributed by atoms with Gasteiger partial charge in [-0.05, 0) is 18.6 Å². The number of nitrogens with two attached hydrogens (primary N) is 1. The van der Waals surface area contributed by atoms with Crippen LogP contribution in [0.5, 0.6) is 0 Å². The fraction of sp³-hybridized carbons (Fsp3) is 0.455. The highest BCUT2D eigenvalue weighted by atomic mass is 32.2. The van der Waals surface area contributed by atoms with E-state index in [1.807, 2.05) is 0 Å². The van der Waals surface area contributed by atoms with Gasteiger partial charge in [0.1, 0.15) is 5.03 Å². The third-order valence-electron chi connectivity index (χ3n) is 2.73. The van der Waals surface area contributed by atoms with E-state index in [-0.39, 0.29) is 28.4 Å². The molecule has 4 nitrogen and oxygen atoms in total. The lowest BCUT2D eigenvalue weighted by atomic mass is 10.2. The maximum Gasteiger partial charge on any atom is 0.447 e. The van der Waals surface area contributed by atoms with Crippen LogP contribution in [0.15, 0.2) is 23.4 Å². The Morgan fingerprint density at radius 3 is 2.84 bits per heavy atom. The molecule has 1 aliphatic heterocycles. The first-order valence-corrected chi connectivity index (χ1v) is 6.44. The van der Waals surface area contributed by atoms with Crippen LogP contribution in [-0.2, 0) is 0 Å². The molecule has 0 bridgehead atoms. The van der Waals surface area contributed by atoms with Crippen molar-refractivity contribution in [2.75, 3.05) is 13.1 Å². The number of carbonyl (C=O) groups excluding carboxylic acids is 1. The zero-order chi connectivity index (χ0) is 14.0. The summed E-state index contributed by atoms with van der Waals surface area (Å²) in [6, 6.07) is 2.69. The molecule has 1 fully saturated rings. The van der Waals surface area contributed by atoms with Crippen LogP contribution in [0.2, 0.25) is 0 Å². The quantitative estimate of drug-likeness (QED) is 0.845. The third kappa shape index (κ3) is 3.60. The lowest BCUT2D eigenvalue weighted by molar-refractivity contribution is -0.0329. The summed E-state index contributed by atoms with van der Waals surface area (Å²) < 4.78 is 37.2. The molecule has 2 heterocycles. The average molecular weight is 291 g/mol. The van der Waals surface area contributed by atoms with Crippen molar-refractivity contribution in [2.24, 2.45) is 5.73 Å². The normalized spacial score (nSPS) is 19.8. The second kappa shape index (κ2) is 5.38. The summed E-state index contributed by atoms with van der Waals surface area (Å²) in [4.78, 5) is 17.2. The van der Waals surface area contributed by atoms with Gasteiger partial charge in [0.05, 0.1) is 5.56 Å². The Bertz CT molecular complexity index is 480. The summed E-state index contributed by atoms with van der Waals surface area (Å²) in [5, 5.41) is -0.319. The maximum absolute atomic E-state index is 12.4. The standard InChI is InChI=1S/C11H12F3N3OS/c12-11(13,14)19-9-8(2-1-4-16-9)10(18)17-5-3-7(15)6-17/h1-2,4,7H,3,5-6,15H2/t7-/m1/s1. The first kappa shape index (κ1) is 14.1. The summed E-state index contributed by atoms with van der Waals surface area (Å²) >= 11 is -0.375. The molecule has 0 radical (unpaired) electrons. The number of thioether (sulfide) groups is 1. The summed E-state index contributed by atoms with van der Waals surface area (Å²) in [5.74, 6) is -0.451. The van der Waals surface area contributed by atoms with Gasteiger partial charge in [-0.25, -0.2) is 4.98 Å². The smallest absolute Gasteiger partial charge is 0.337 e. The van der Waals surface area contributed by atoms with Crippen molar-refractivity contribution in [1.29, 1.82) is 0 Å². The van der Waals surface area contributed by atoms with Crippen LogP contribution in [0.3, 0.4) is 0 Å². The van der Waals surface area contributed by atoms with Crippen LogP contribution < -0.4 is 5.73 Å². The largest absolute Gasteiger partial charge is 0.447 e. The third-order valence-corrected chi connectivity index (χ3v) is 3.48. The van der Waals surface area contributed by atoms with Crippen LogP contribution in [0.1, 0.15) is 16.8 Å². The lowest BCUT2D eigenvalue weighted by Gasteiger charge is -2.17. The molecule has 2 N–H and O–H groups in total. The van der Waals surface area contributed by atoms with Gasteiger partial charge in [-0.3, -0.25) is 4.79 Å². The van der Waals surface area contributed by atoms with Gasteiger partial charge in [0, 0.05) is 37.1 Å². The monoisotopic (exact) mass is 291 g/mol. The predicted molar refractivity (Wildman–Crippen MR) is 64.6 cm³/mol. The number of halogens is 3. The molecule has 1 aliphatic rings. The SMILES string of the molecule is N[C@@H]1CCN(C(=O)c2cccnc2SC(F)(F)F)C1. The molecule has 19 heavy (non-hydrogen) atoms. The zero-order valence-corrected chi connectivity index (χ0v) is 10.7. The molecular weight excluding hydrogens is 279 g/mol. The van der Waals surface area contributed by atoms with E-state index in [4.69, 9.17) is 5.73 Å². The van der Waals surface area contributed by atoms with E-state index in [1.165, 1.54) is 23.2 Å². The zero-order valence-electron chi connectivity index (χ0n) is 9.85. The van der Waals surface area contributed by atoms with Gasteiger partial charge in [0.25, 0.3) is 5.91 Å². The Kier molecular flexibility index (Phi) is 4.00. The van der Waals surface area contributed by atoms with E-state index in [0.29, 0.717) is 19.5 Å². The van der Waals surface area contributed by atoms with Gasteiger partial charge in [0.15, 0.2) is 0 Å². The summed E-state index contributed by atoms with van der Waals surface area (Å²) in [5.41, 5.74) is 1.19. The summed E-state index contributed by atoms with van der Waals surface area (Å²) in [6.45, 7) is 0.828. The van der Waals surface area contributed by atoms with Gasteiger partial charge in [-0.15, -0.1) is 0 Å². The number of carbonyl (C=O) groups is 1. The topological polar surface area (TPSA) is 59.2 Å². The number of hydrogen-bond donors (Lipinski definition) is 1. The average Bonchev–Trinajstić information content (AvgIpc) is 2.74. The molecule has 1 aromatic rings. The number of rotatable bonds is 2. The van der Waals surface area contributed by atoms with Gasteiger partial charge >= 0.3 is 5.51 Å². The van der Waals surface area contributed by atoms with Crippen molar-refractivity contribution in [2.45, 2.75) is 23.0 Å². The number of pyridine rings is 1. The molecule has 1 saturated heterocycles. The molecule has 0 aromatic carbocycles. The van der Waals surface area contributed by atoms with Crippen molar-refractivity contribution < 1.29 is 18.0 Å². The van der Waals surface area contributed by atoms with Gasteiger partial charge in [-0.1, -0.05) is 0 Å². The van der Waals surface area contributed by atoms with Crippen LogP contribution in [0, 0.1) is 0 Å². The Hall–Kier alpha value is -1.28. The lowest BCUT2D eigenvalue weighted by Crippen LogP contribution is -2.32. The molecule has 104 valence electrons. The Morgan fingerprint density at radius 2 is 2.26 bits per heavy atom. The van der Waals surface area contributed by atoms with E-state index >= 15 is 0 Å². The minimum absolute atomic E-state index is 0.0288. The molecule has 0 unspecified atom stereocenters.